The van der Waals surface area contributed by atoms with Crippen molar-refractivity contribution in [2.45, 2.75) is 0 Å². The number of halogens is 1. The van der Waals surface area contributed by atoms with Gasteiger partial charge in [-0.1, -0.05) is 23.7 Å². The highest BCUT2D eigenvalue weighted by molar-refractivity contribution is 6.31. The molecule has 0 radical (unpaired) electrons. The van der Waals surface area contributed by atoms with Crippen molar-refractivity contribution >= 4 is 28.5 Å². The molecule has 1 aromatic heterocycles. The fraction of sp³-hybridized carbons (Fsp3) is 0. The summed E-state index contributed by atoms with van der Waals surface area (Å²) in [6, 6.07) is 13.9. The average Bonchev–Trinajstić information content (AvgIpc) is 2.81. The zero-order chi connectivity index (χ0) is 13.4. The van der Waals surface area contributed by atoms with E-state index in [0.29, 0.717) is 10.8 Å². The fourth-order valence-electron chi connectivity index (χ4n) is 1.93. The Morgan fingerprint density at radius 1 is 1.05 bits per heavy atom. The molecule has 3 aromatic rings. The molecular weight excluding hydrogens is 264 g/mol. The van der Waals surface area contributed by atoms with Crippen LogP contribution in [0.15, 0.2) is 52.9 Å². The summed E-state index contributed by atoms with van der Waals surface area (Å²) in [5.74, 6) is -0.253. The molecule has 0 amide bonds. The molecule has 4 heteroatoms. The van der Waals surface area contributed by atoms with Crippen LogP contribution in [0.1, 0.15) is 10.4 Å². The second kappa shape index (κ2) is 4.44. The minimum atomic E-state index is -0.942. The molecule has 0 atom stereocenters. The van der Waals surface area contributed by atoms with E-state index < -0.39 is 5.97 Å². The van der Waals surface area contributed by atoms with E-state index in [2.05, 4.69) is 0 Å². The highest BCUT2D eigenvalue weighted by Gasteiger charge is 2.08. The van der Waals surface area contributed by atoms with Crippen molar-refractivity contribution in [1.29, 1.82) is 0 Å². The number of hydrogen-bond donors (Lipinski definition) is 1. The van der Waals surface area contributed by atoms with Crippen molar-refractivity contribution < 1.29 is 14.3 Å². The van der Waals surface area contributed by atoms with Crippen LogP contribution < -0.4 is 0 Å². The van der Waals surface area contributed by atoms with Gasteiger partial charge in [-0.15, -0.1) is 0 Å². The maximum Gasteiger partial charge on any atom is 0.335 e. The maximum absolute atomic E-state index is 10.8. The van der Waals surface area contributed by atoms with Crippen molar-refractivity contribution in [3.63, 3.8) is 0 Å². The first kappa shape index (κ1) is 11.8. The predicted octanol–water partition coefficient (Wildman–Crippen LogP) is 4.45. The van der Waals surface area contributed by atoms with Crippen LogP contribution in [0.5, 0.6) is 0 Å². The number of carbonyl (C=O) groups is 1. The Kier molecular flexibility index (Phi) is 2.76. The van der Waals surface area contributed by atoms with Gasteiger partial charge in [0.1, 0.15) is 11.3 Å². The maximum atomic E-state index is 10.8. The van der Waals surface area contributed by atoms with E-state index in [0.717, 1.165) is 16.5 Å². The van der Waals surface area contributed by atoms with Gasteiger partial charge < -0.3 is 9.52 Å². The van der Waals surface area contributed by atoms with E-state index in [1.165, 1.54) is 0 Å². The van der Waals surface area contributed by atoms with Crippen LogP contribution in [0.2, 0.25) is 5.02 Å². The van der Waals surface area contributed by atoms with Crippen LogP contribution in [0.4, 0.5) is 0 Å². The Bertz CT molecular complexity index is 757. The molecule has 0 bridgehead atoms. The quantitative estimate of drug-likeness (QED) is 0.750. The van der Waals surface area contributed by atoms with Crippen LogP contribution in [0.3, 0.4) is 0 Å². The molecule has 0 unspecified atom stereocenters. The third-order valence-electron chi connectivity index (χ3n) is 2.89. The fourth-order valence-corrected chi connectivity index (χ4v) is 2.11. The van der Waals surface area contributed by atoms with Crippen LogP contribution in [0, 0.1) is 0 Å². The number of rotatable bonds is 2. The zero-order valence-corrected chi connectivity index (χ0v) is 10.5. The molecule has 3 rings (SSSR count). The summed E-state index contributed by atoms with van der Waals surface area (Å²) in [6.45, 7) is 0. The SMILES string of the molecule is O=C(O)c1ccc(-c2cc3cc(Cl)ccc3o2)cc1. The van der Waals surface area contributed by atoms with Crippen molar-refractivity contribution in [3.8, 4) is 11.3 Å². The lowest BCUT2D eigenvalue weighted by Crippen LogP contribution is -1.94. The van der Waals surface area contributed by atoms with Crippen molar-refractivity contribution in [1.82, 2.24) is 0 Å². The third kappa shape index (κ3) is 2.20. The van der Waals surface area contributed by atoms with Gasteiger partial charge in [0.2, 0.25) is 0 Å². The first-order valence-corrected chi connectivity index (χ1v) is 6.04. The summed E-state index contributed by atoms with van der Waals surface area (Å²) in [6.07, 6.45) is 0. The van der Waals surface area contributed by atoms with E-state index in [4.69, 9.17) is 21.1 Å². The molecule has 94 valence electrons. The second-order valence-electron chi connectivity index (χ2n) is 4.18. The number of carboxylic acids is 1. The number of carboxylic acid groups (broad SMARTS) is 1. The minimum Gasteiger partial charge on any atom is -0.478 e. The summed E-state index contributed by atoms with van der Waals surface area (Å²) in [5, 5.41) is 10.4. The molecule has 1 heterocycles. The molecule has 0 aliphatic heterocycles. The van der Waals surface area contributed by atoms with Gasteiger partial charge in [0.05, 0.1) is 5.56 Å². The van der Waals surface area contributed by atoms with Gasteiger partial charge in [0.15, 0.2) is 0 Å². The van der Waals surface area contributed by atoms with Gasteiger partial charge in [0, 0.05) is 16.0 Å². The highest BCUT2D eigenvalue weighted by Crippen LogP contribution is 2.29. The van der Waals surface area contributed by atoms with Gasteiger partial charge >= 0.3 is 5.97 Å². The summed E-state index contributed by atoms with van der Waals surface area (Å²) in [7, 11) is 0. The van der Waals surface area contributed by atoms with E-state index >= 15 is 0 Å². The first-order chi connectivity index (χ1) is 9.13. The first-order valence-electron chi connectivity index (χ1n) is 5.66. The standard InChI is InChI=1S/C15H9ClO3/c16-12-5-6-13-11(7-12)8-14(19-13)9-1-3-10(4-2-9)15(17)18/h1-8H,(H,17,18). The average molecular weight is 273 g/mol. The molecule has 2 aromatic carbocycles. The Hall–Kier alpha value is -2.26. The molecule has 3 nitrogen and oxygen atoms in total. The monoisotopic (exact) mass is 272 g/mol. The highest BCUT2D eigenvalue weighted by atomic mass is 35.5. The second-order valence-corrected chi connectivity index (χ2v) is 4.61. The normalized spacial score (nSPS) is 10.8. The third-order valence-corrected chi connectivity index (χ3v) is 3.13. The number of benzene rings is 2. The lowest BCUT2D eigenvalue weighted by molar-refractivity contribution is 0.0697. The number of aromatic carboxylic acids is 1. The molecule has 1 N–H and O–H groups in total. The Balaban J connectivity index is 2.06. The lowest BCUT2D eigenvalue weighted by Gasteiger charge is -1.97. The number of fused-ring (bicyclic) bond motifs is 1. The molecule has 19 heavy (non-hydrogen) atoms. The van der Waals surface area contributed by atoms with Gasteiger partial charge in [-0.3, -0.25) is 0 Å². The van der Waals surface area contributed by atoms with Gasteiger partial charge in [-0.2, -0.15) is 0 Å². The molecule has 0 aliphatic carbocycles. The smallest absolute Gasteiger partial charge is 0.335 e. The zero-order valence-electron chi connectivity index (χ0n) is 9.76. The Labute approximate surface area is 114 Å². The summed E-state index contributed by atoms with van der Waals surface area (Å²) < 4.78 is 5.70. The number of furan rings is 1. The van der Waals surface area contributed by atoms with Gasteiger partial charge in [-0.05, 0) is 36.4 Å². The summed E-state index contributed by atoms with van der Waals surface area (Å²) in [4.78, 5) is 10.8. The summed E-state index contributed by atoms with van der Waals surface area (Å²) >= 11 is 5.92. The lowest BCUT2D eigenvalue weighted by atomic mass is 10.1. The van der Waals surface area contributed by atoms with E-state index in [1.807, 2.05) is 18.2 Å². The predicted molar refractivity (Wildman–Crippen MR) is 73.6 cm³/mol. The van der Waals surface area contributed by atoms with Crippen molar-refractivity contribution in [2.75, 3.05) is 0 Å². The largest absolute Gasteiger partial charge is 0.478 e. The van der Waals surface area contributed by atoms with Crippen molar-refractivity contribution in [3.05, 3.63) is 59.1 Å². The molecular formula is C15H9ClO3. The molecule has 0 saturated heterocycles. The van der Waals surface area contributed by atoms with Crippen molar-refractivity contribution in [2.24, 2.45) is 0 Å². The molecule has 0 fully saturated rings. The minimum absolute atomic E-state index is 0.253. The Morgan fingerprint density at radius 3 is 2.47 bits per heavy atom. The van der Waals surface area contributed by atoms with Crippen LogP contribution >= 0.6 is 11.6 Å². The van der Waals surface area contributed by atoms with E-state index in [9.17, 15) is 4.79 Å². The molecule has 0 aliphatic rings. The topological polar surface area (TPSA) is 50.4 Å². The molecule has 0 saturated carbocycles. The number of hydrogen-bond acceptors (Lipinski definition) is 2. The van der Waals surface area contributed by atoms with Crippen LogP contribution in [-0.2, 0) is 0 Å². The van der Waals surface area contributed by atoms with E-state index in [1.54, 1.807) is 30.3 Å². The van der Waals surface area contributed by atoms with Gasteiger partial charge in [-0.25, -0.2) is 4.79 Å². The van der Waals surface area contributed by atoms with Gasteiger partial charge in [0.25, 0.3) is 0 Å². The Morgan fingerprint density at radius 2 is 1.79 bits per heavy atom. The molecule has 0 spiro atoms. The van der Waals surface area contributed by atoms with Crippen LogP contribution in [0.25, 0.3) is 22.3 Å². The summed E-state index contributed by atoms with van der Waals surface area (Å²) in [5.41, 5.74) is 1.84. The van der Waals surface area contributed by atoms with E-state index in [-0.39, 0.29) is 5.56 Å². The van der Waals surface area contributed by atoms with Crippen LogP contribution in [-0.4, -0.2) is 11.1 Å².